The number of ether oxygens (including phenoxy) is 1. The Labute approximate surface area is 121 Å². The molecular weight excluding hydrogens is 280 g/mol. The Morgan fingerprint density at radius 1 is 1.40 bits per heavy atom. The Balaban J connectivity index is 2.03. The van der Waals surface area contributed by atoms with Gasteiger partial charge in [0.2, 0.25) is 15.9 Å². The maximum absolute atomic E-state index is 12.6. The van der Waals surface area contributed by atoms with E-state index in [0.717, 1.165) is 19.4 Å². The SMILES string of the molecule is CCN(C[C@@H]1CCOC1)C(=O)[C@@H]1CCCN1S(C)(=O)=O. The molecule has 0 spiro atoms. The fourth-order valence-corrected chi connectivity index (χ4v) is 4.13. The Morgan fingerprint density at radius 2 is 2.15 bits per heavy atom. The number of sulfonamides is 1. The van der Waals surface area contributed by atoms with Crippen LogP contribution in [-0.4, -0.2) is 68.7 Å². The van der Waals surface area contributed by atoms with E-state index in [4.69, 9.17) is 4.74 Å². The molecule has 0 aliphatic carbocycles. The Hall–Kier alpha value is -0.660. The molecule has 6 nitrogen and oxygen atoms in total. The molecule has 2 rings (SSSR count). The highest BCUT2D eigenvalue weighted by Gasteiger charge is 2.38. The van der Waals surface area contributed by atoms with Gasteiger partial charge >= 0.3 is 0 Å². The summed E-state index contributed by atoms with van der Waals surface area (Å²) in [5.74, 6) is 0.328. The molecule has 0 saturated carbocycles. The van der Waals surface area contributed by atoms with Crippen LogP contribution in [0, 0.1) is 5.92 Å². The third-order valence-electron chi connectivity index (χ3n) is 4.11. The smallest absolute Gasteiger partial charge is 0.241 e. The number of carbonyl (C=O) groups excluding carboxylic acids is 1. The van der Waals surface area contributed by atoms with Crippen LogP contribution in [0.25, 0.3) is 0 Å². The molecule has 0 aromatic heterocycles. The third kappa shape index (κ3) is 3.51. The van der Waals surface area contributed by atoms with Gasteiger partial charge in [-0.3, -0.25) is 4.79 Å². The summed E-state index contributed by atoms with van der Waals surface area (Å²) in [4.78, 5) is 14.4. The molecule has 116 valence electrons. The minimum Gasteiger partial charge on any atom is -0.381 e. The number of amides is 1. The lowest BCUT2D eigenvalue weighted by atomic mass is 10.1. The second-order valence-electron chi connectivity index (χ2n) is 5.64. The molecule has 0 aromatic carbocycles. The van der Waals surface area contributed by atoms with Crippen LogP contribution in [0.1, 0.15) is 26.2 Å². The van der Waals surface area contributed by atoms with E-state index in [1.54, 1.807) is 4.90 Å². The van der Waals surface area contributed by atoms with Crippen LogP contribution < -0.4 is 0 Å². The Morgan fingerprint density at radius 3 is 2.70 bits per heavy atom. The highest BCUT2D eigenvalue weighted by atomic mass is 32.2. The summed E-state index contributed by atoms with van der Waals surface area (Å²) in [6.45, 7) is 5.14. The van der Waals surface area contributed by atoms with Gasteiger partial charge in [0, 0.05) is 32.2 Å². The molecule has 0 N–H and O–H groups in total. The van der Waals surface area contributed by atoms with Crippen molar-refractivity contribution in [1.82, 2.24) is 9.21 Å². The Bertz CT molecular complexity index is 445. The van der Waals surface area contributed by atoms with Crippen molar-refractivity contribution in [2.45, 2.75) is 32.2 Å². The molecule has 2 atom stereocenters. The minimum absolute atomic E-state index is 0.0534. The minimum atomic E-state index is -3.30. The molecule has 0 aromatic rings. The van der Waals surface area contributed by atoms with E-state index in [-0.39, 0.29) is 5.91 Å². The lowest BCUT2D eigenvalue weighted by Crippen LogP contribution is -2.48. The molecule has 1 amide bonds. The second-order valence-corrected chi connectivity index (χ2v) is 7.57. The molecule has 2 heterocycles. The van der Waals surface area contributed by atoms with Crippen molar-refractivity contribution < 1.29 is 17.9 Å². The average molecular weight is 304 g/mol. The average Bonchev–Trinajstić information content (AvgIpc) is 3.05. The van der Waals surface area contributed by atoms with E-state index < -0.39 is 16.1 Å². The highest BCUT2D eigenvalue weighted by Crippen LogP contribution is 2.23. The van der Waals surface area contributed by atoms with Crippen LogP contribution in [0.3, 0.4) is 0 Å². The van der Waals surface area contributed by atoms with E-state index >= 15 is 0 Å². The topological polar surface area (TPSA) is 66.9 Å². The molecule has 2 fully saturated rings. The summed E-state index contributed by atoms with van der Waals surface area (Å²) in [6.07, 6.45) is 3.54. The lowest BCUT2D eigenvalue weighted by Gasteiger charge is -2.29. The molecule has 2 aliphatic heterocycles. The van der Waals surface area contributed by atoms with Gasteiger partial charge in [-0.05, 0) is 26.2 Å². The second kappa shape index (κ2) is 6.41. The van der Waals surface area contributed by atoms with Gasteiger partial charge in [-0.15, -0.1) is 0 Å². The summed E-state index contributed by atoms with van der Waals surface area (Å²) in [5.41, 5.74) is 0. The summed E-state index contributed by atoms with van der Waals surface area (Å²) >= 11 is 0. The standard InChI is InChI=1S/C13H24N2O4S/c1-3-14(9-11-6-8-19-10-11)13(16)12-5-4-7-15(12)20(2,17)18/h11-12H,3-10H2,1-2H3/t11-,12-/m0/s1. The lowest BCUT2D eigenvalue weighted by molar-refractivity contribution is -0.135. The van der Waals surface area contributed by atoms with Crippen molar-refractivity contribution in [2.75, 3.05) is 39.1 Å². The van der Waals surface area contributed by atoms with Gasteiger partial charge in [0.05, 0.1) is 12.9 Å². The zero-order valence-corrected chi connectivity index (χ0v) is 13.1. The van der Waals surface area contributed by atoms with Crippen molar-refractivity contribution in [3.05, 3.63) is 0 Å². The van der Waals surface area contributed by atoms with Gasteiger partial charge in [0.15, 0.2) is 0 Å². The van der Waals surface area contributed by atoms with Crippen molar-refractivity contribution in [3.63, 3.8) is 0 Å². The van der Waals surface area contributed by atoms with Crippen molar-refractivity contribution in [2.24, 2.45) is 5.92 Å². The van der Waals surface area contributed by atoms with Gasteiger partial charge in [-0.25, -0.2) is 8.42 Å². The van der Waals surface area contributed by atoms with Crippen LogP contribution in [0.2, 0.25) is 0 Å². The van der Waals surface area contributed by atoms with Crippen molar-refractivity contribution in [1.29, 1.82) is 0 Å². The van der Waals surface area contributed by atoms with Crippen molar-refractivity contribution >= 4 is 15.9 Å². The van der Waals surface area contributed by atoms with Crippen LogP contribution in [0.5, 0.6) is 0 Å². The molecule has 0 radical (unpaired) electrons. The monoisotopic (exact) mass is 304 g/mol. The first-order chi connectivity index (χ1) is 9.43. The summed E-state index contributed by atoms with van der Waals surface area (Å²) in [5, 5.41) is 0. The van der Waals surface area contributed by atoms with Gasteiger partial charge in [-0.1, -0.05) is 0 Å². The normalized spacial score (nSPS) is 27.9. The number of rotatable bonds is 5. The van der Waals surface area contributed by atoms with Crippen LogP contribution in [-0.2, 0) is 19.6 Å². The van der Waals surface area contributed by atoms with Crippen LogP contribution >= 0.6 is 0 Å². The molecule has 2 saturated heterocycles. The summed E-state index contributed by atoms with van der Waals surface area (Å²) < 4.78 is 30.2. The summed E-state index contributed by atoms with van der Waals surface area (Å²) in [7, 11) is -3.30. The maximum Gasteiger partial charge on any atom is 0.241 e. The fraction of sp³-hybridized carbons (Fsp3) is 0.923. The van der Waals surface area contributed by atoms with Gasteiger partial charge < -0.3 is 9.64 Å². The first-order valence-corrected chi connectivity index (χ1v) is 9.11. The first-order valence-electron chi connectivity index (χ1n) is 7.26. The van der Waals surface area contributed by atoms with E-state index in [2.05, 4.69) is 0 Å². The number of hydrogen-bond acceptors (Lipinski definition) is 4. The molecule has 2 aliphatic rings. The number of carbonyl (C=O) groups is 1. The zero-order valence-electron chi connectivity index (χ0n) is 12.2. The number of hydrogen-bond donors (Lipinski definition) is 0. The zero-order chi connectivity index (χ0) is 14.8. The Kier molecular flexibility index (Phi) is 5.04. The van der Waals surface area contributed by atoms with E-state index in [0.29, 0.717) is 38.6 Å². The highest BCUT2D eigenvalue weighted by molar-refractivity contribution is 7.88. The van der Waals surface area contributed by atoms with Gasteiger partial charge in [0.25, 0.3) is 0 Å². The molecule has 7 heteroatoms. The predicted molar refractivity (Wildman–Crippen MR) is 75.8 cm³/mol. The molecule has 0 bridgehead atoms. The van der Waals surface area contributed by atoms with Crippen LogP contribution in [0.15, 0.2) is 0 Å². The predicted octanol–water partition coefficient (Wildman–Crippen LogP) is 0.295. The van der Waals surface area contributed by atoms with Crippen molar-refractivity contribution in [3.8, 4) is 0 Å². The van der Waals surface area contributed by atoms with Gasteiger partial charge in [-0.2, -0.15) is 4.31 Å². The fourth-order valence-electron chi connectivity index (χ4n) is 3.01. The van der Waals surface area contributed by atoms with E-state index in [9.17, 15) is 13.2 Å². The number of likely N-dealkylation sites (N-methyl/N-ethyl adjacent to an activating group) is 1. The largest absolute Gasteiger partial charge is 0.381 e. The van der Waals surface area contributed by atoms with E-state index in [1.807, 2.05) is 6.92 Å². The molecule has 20 heavy (non-hydrogen) atoms. The molecule has 0 unspecified atom stereocenters. The van der Waals surface area contributed by atoms with E-state index in [1.165, 1.54) is 10.6 Å². The third-order valence-corrected chi connectivity index (χ3v) is 5.40. The quantitative estimate of drug-likeness (QED) is 0.732. The van der Waals surface area contributed by atoms with Gasteiger partial charge in [0.1, 0.15) is 6.04 Å². The summed E-state index contributed by atoms with van der Waals surface area (Å²) in [6, 6.07) is -0.507. The first kappa shape index (κ1) is 15.7. The van der Waals surface area contributed by atoms with Crippen LogP contribution in [0.4, 0.5) is 0 Å². The number of nitrogens with zero attached hydrogens (tertiary/aromatic N) is 2. The molecular formula is C13H24N2O4S. The maximum atomic E-state index is 12.6.